The average Bonchev–Trinajstić information content (AvgIpc) is 3.33. The molecule has 1 saturated carbocycles. The summed E-state index contributed by atoms with van der Waals surface area (Å²) in [6.45, 7) is 1.96. The molecule has 128 valence electrons. The second-order valence-electron chi connectivity index (χ2n) is 6.21. The summed E-state index contributed by atoms with van der Waals surface area (Å²) in [5, 5.41) is 1.20. The highest BCUT2D eigenvalue weighted by molar-refractivity contribution is 8.21. The van der Waals surface area contributed by atoms with Crippen LogP contribution in [-0.2, 0) is 11.8 Å². The molecule has 1 heterocycles. The van der Waals surface area contributed by atoms with E-state index in [1.54, 1.807) is 30.6 Å². The summed E-state index contributed by atoms with van der Waals surface area (Å²) in [6, 6.07) is 6.15. The number of hydrogen-bond acceptors (Lipinski definition) is 4. The predicted octanol–water partition coefficient (Wildman–Crippen LogP) is 4.82. The van der Waals surface area contributed by atoms with Crippen molar-refractivity contribution in [3.63, 3.8) is 0 Å². The number of fused-ring (bicyclic) bond motifs is 1. The standard InChI is InChI=1S/C19H23NO2S2/c1-11(19(23-4)24-5)18(21)15-9-13(15)16-10-20(2)17-7-6-12(22-3)8-14(16)17/h6-8,10,13,15H,9H2,1-5H3/t13-,15-/m0/s1. The number of aromatic nitrogens is 1. The molecule has 0 radical (unpaired) electrons. The van der Waals surface area contributed by atoms with E-state index in [0.717, 1.165) is 22.0 Å². The Morgan fingerprint density at radius 3 is 2.62 bits per heavy atom. The number of ether oxygens (including phenoxy) is 1. The molecule has 0 saturated heterocycles. The Morgan fingerprint density at radius 2 is 2.00 bits per heavy atom. The van der Waals surface area contributed by atoms with Crippen LogP contribution in [-0.4, -0.2) is 30.0 Å². The molecule has 1 aromatic heterocycles. The summed E-state index contributed by atoms with van der Waals surface area (Å²) >= 11 is 3.32. The Morgan fingerprint density at radius 1 is 1.29 bits per heavy atom. The van der Waals surface area contributed by atoms with Crippen LogP contribution in [0.3, 0.4) is 0 Å². The van der Waals surface area contributed by atoms with Crippen molar-refractivity contribution in [3.05, 3.63) is 39.8 Å². The molecule has 0 aliphatic heterocycles. The molecular formula is C19H23NO2S2. The molecule has 2 aromatic rings. The van der Waals surface area contributed by atoms with Gasteiger partial charge in [-0.05, 0) is 55.5 Å². The largest absolute Gasteiger partial charge is 0.497 e. The van der Waals surface area contributed by atoms with Gasteiger partial charge in [0.05, 0.1) is 7.11 Å². The lowest BCUT2D eigenvalue weighted by Crippen LogP contribution is -2.05. The molecule has 0 spiro atoms. The van der Waals surface area contributed by atoms with E-state index in [1.807, 2.05) is 25.5 Å². The molecule has 2 atom stereocenters. The molecule has 0 unspecified atom stereocenters. The minimum absolute atomic E-state index is 0.121. The predicted molar refractivity (Wildman–Crippen MR) is 105 cm³/mol. The molecule has 1 aliphatic rings. The highest BCUT2D eigenvalue weighted by Gasteiger charge is 2.45. The molecule has 24 heavy (non-hydrogen) atoms. The van der Waals surface area contributed by atoms with Crippen LogP contribution in [0, 0.1) is 5.92 Å². The van der Waals surface area contributed by atoms with E-state index >= 15 is 0 Å². The highest BCUT2D eigenvalue weighted by atomic mass is 32.2. The molecule has 1 fully saturated rings. The van der Waals surface area contributed by atoms with Crippen LogP contribution in [0.25, 0.3) is 10.9 Å². The number of thioether (sulfide) groups is 2. The molecule has 3 nitrogen and oxygen atoms in total. The fraction of sp³-hybridized carbons (Fsp3) is 0.421. The summed E-state index contributed by atoms with van der Waals surface area (Å²) < 4.78 is 8.64. The van der Waals surface area contributed by atoms with Gasteiger partial charge in [-0.1, -0.05) is 0 Å². The lowest BCUT2D eigenvalue weighted by molar-refractivity contribution is -0.116. The topological polar surface area (TPSA) is 31.2 Å². The molecule has 1 aromatic carbocycles. The molecule has 0 bridgehead atoms. The summed E-state index contributed by atoms with van der Waals surface area (Å²) in [5.41, 5.74) is 3.37. The number of allylic oxidation sites excluding steroid dienone is 1. The third-order valence-corrected chi connectivity index (χ3v) is 7.15. The van der Waals surface area contributed by atoms with Gasteiger partial charge in [0.15, 0.2) is 5.78 Å². The molecule has 0 amide bonds. The normalized spacial score (nSPS) is 19.4. The van der Waals surface area contributed by atoms with Crippen molar-refractivity contribution in [1.29, 1.82) is 0 Å². The van der Waals surface area contributed by atoms with Crippen molar-refractivity contribution in [2.75, 3.05) is 19.6 Å². The van der Waals surface area contributed by atoms with E-state index in [-0.39, 0.29) is 5.92 Å². The van der Waals surface area contributed by atoms with E-state index in [9.17, 15) is 4.79 Å². The van der Waals surface area contributed by atoms with Crippen molar-refractivity contribution < 1.29 is 9.53 Å². The lowest BCUT2D eigenvalue weighted by Gasteiger charge is -2.06. The second kappa shape index (κ2) is 6.89. The van der Waals surface area contributed by atoms with Crippen LogP contribution in [0.2, 0.25) is 0 Å². The van der Waals surface area contributed by atoms with E-state index in [0.29, 0.717) is 11.7 Å². The SMILES string of the molecule is COc1ccc2c(c1)c([C@H]1C[C@@H]1C(=O)C(C)=C(SC)SC)cn2C. The van der Waals surface area contributed by atoms with Gasteiger partial charge in [-0.15, -0.1) is 23.5 Å². The van der Waals surface area contributed by atoms with Crippen molar-refractivity contribution in [2.45, 2.75) is 19.3 Å². The van der Waals surface area contributed by atoms with Crippen LogP contribution >= 0.6 is 23.5 Å². The fourth-order valence-electron chi connectivity index (χ4n) is 3.42. The Kier molecular flexibility index (Phi) is 5.02. The first kappa shape index (κ1) is 17.5. The lowest BCUT2D eigenvalue weighted by atomic mass is 10.0. The number of methoxy groups -OCH3 is 1. The molecule has 1 aliphatic carbocycles. The summed E-state index contributed by atoms with van der Waals surface area (Å²) in [5.74, 6) is 1.62. The Balaban J connectivity index is 1.91. The number of Topliss-reactive ketones (excluding diaryl/α,β-unsaturated/α-hetero) is 1. The second-order valence-corrected chi connectivity index (χ2v) is 8.10. The number of carbonyl (C=O) groups excluding carboxylic acids is 1. The van der Waals surface area contributed by atoms with E-state index in [4.69, 9.17) is 4.74 Å². The zero-order chi connectivity index (χ0) is 17.4. The summed E-state index contributed by atoms with van der Waals surface area (Å²) in [7, 11) is 3.75. The number of hydrogen-bond donors (Lipinski definition) is 0. The first-order valence-electron chi connectivity index (χ1n) is 7.97. The number of carbonyl (C=O) groups is 1. The molecule has 0 N–H and O–H groups in total. The maximum atomic E-state index is 12.8. The van der Waals surface area contributed by atoms with Crippen LogP contribution in [0.1, 0.15) is 24.8 Å². The van der Waals surface area contributed by atoms with Gasteiger partial charge < -0.3 is 9.30 Å². The van der Waals surface area contributed by atoms with Gasteiger partial charge in [-0.25, -0.2) is 0 Å². The van der Waals surface area contributed by atoms with Gasteiger partial charge in [-0.3, -0.25) is 4.79 Å². The Bertz CT molecular complexity index is 816. The number of nitrogens with zero attached hydrogens (tertiary/aromatic N) is 1. The summed E-state index contributed by atoms with van der Waals surface area (Å²) in [4.78, 5) is 12.8. The van der Waals surface area contributed by atoms with Crippen molar-refractivity contribution in [2.24, 2.45) is 13.0 Å². The number of benzene rings is 1. The van der Waals surface area contributed by atoms with E-state index in [2.05, 4.69) is 29.9 Å². The van der Waals surface area contributed by atoms with Gasteiger partial charge >= 0.3 is 0 Å². The summed E-state index contributed by atoms with van der Waals surface area (Å²) in [6.07, 6.45) is 7.18. The van der Waals surface area contributed by atoms with Crippen molar-refractivity contribution in [3.8, 4) is 5.75 Å². The maximum Gasteiger partial charge on any atom is 0.163 e. The monoisotopic (exact) mass is 361 g/mol. The van der Waals surface area contributed by atoms with Crippen LogP contribution < -0.4 is 4.74 Å². The minimum Gasteiger partial charge on any atom is -0.497 e. The average molecular weight is 362 g/mol. The maximum absolute atomic E-state index is 12.8. The number of aryl methyl sites for hydroxylation is 1. The smallest absolute Gasteiger partial charge is 0.163 e. The van der Waals surface area contributed by atoms with E-state index < -0.39 is 0 Å². The first-order valence-corrected chi connectivity index (χ1v) is 10.4. The van der Waals surface area contributed by atoms with Gasteiger partial charge in [0.1, 0.15) is 5.75 Å². The molecular weight excluding hydrogens is 338 g/mol. The van der Waals surface area contributed by atoms with Gasteiger partial charge in [0.25, 0.3) is 0 Å². The third kappa shape index (κ3) is 3.00. The molecule has 3 rings (SSSR count). The van der Waals surface area contributed by atoms with Gasteiger partial charge in [0.2, 0.25) is 0 Å². The van der Waals surface area contributed by atoms with Gasteiger partial charge in [0, 0.05) is 39.9 Å². The van der Waals surface area contributed by atoms with Gasteiger partial charge in [-0.2, -0.15) is 0 Å². The molecule has 5 heteroatoms. The zero-order valence-corrected chi connectivity index (χ0v) is 16.4. The van der Waals surface area contributed by atoms with Crippen LogP contribution in [0.4, 0.5) is 0 Å². The third-order valence-electron chi connectivity index (χ3n) is 4.80. The Labute approximate surface area is 151 Å². The number of ketones is 1. The van der Waals surface area contributed by atoms with Crippen LogP contribution in [0.15, 0.2) is 34.2 Å². The zero-order valence-electron chi connectivity index (χ0n) is 14.8. The Hall–Kier alpha value is -1.33. The number of rotatable bonds is 6. The first-order chi connectivity index (χ1) is 11.5. The van der Waals surface area contributed by atoms with Crippen molar-refractivity contribution in [1.82, 2.24) is 4.57 Å². The van der Waals surface area contributed by atoms with E-state index in [1.165, 1.54) is 16.5 Å². The fourth-order valence-corrected chi connectivity index (χ4v) is 4.90. The van der Waals surface area contributed by atoms with Crippen LogP contribution in [0.5, 0.6) is 5.75 Å². The highest BCUT2D eigenvalue weighted by Crippen LogP contribution is 2.52. The minimum atomic E-state index is 0.121. The van der Waals surface area contributed by atoms with Crippen molar-refractivity contribution >= 4 is 40.2 Å². The quantitative estimate of drug-likeness (QED) is 0.691.